The lowest BCUT2D eigenvalue weighted by Crippen LogP contribution is -2.53. The maximum absolute atomic E-state index is 14.4. The second-order valence-electron chi connectivity index (χ2n) is 10.6. The van der Waals surface area contributed by atoms with E-state index in [1.54, 1.807) is 5.48 Å². The number of nitrogens with one attached hydrogen (secondary N) is 2. The summed E-state index contributed by atoms with van der Waals surface area (Å²) < 4.78 is 1.42. The van der Waals surface area contributed by atoms with Crippen molar-refractivity contribution in [3.8, 4) is 0 Å². The molecule has 0 bridgehead atoms. The van der Waals surface area contributed by atoms with E-state index in [0.717, 1.165) is 18.4 Å². The van der Waals surface area contributed by atoms with Crippen LogP contribution in [0.5, 0.6) is 0 Å². The first-order valence-electron chi connectivity index (χ1n) is 13.8. The van der Waals surface area contributed by atoms with Crippen LogP contribution in [-0.4, -0.2) is 37.6 Å². The van der Waals surface area contributed by atoms with Gasteiger partial charge in [0, 0.05) is 5.92 Å². The summed E-state index contributed by atoms with van der Waals surface area (Å²) in [6, 6.07) is 8.40. The van der Waals surface area contributed by atoms with Crippen LogP contribution in [0.4, 0.5) is 0 Å². The Morgan fingerprint density at radius 1 is 1.18 bits per heavy atom. The topological polar surface area (TPSA) is 152 Å². The van der Waals surface area contributed by atoms with Crippen molar-refractivity contribution in [3.05, 3.63) is 48.5 Å². The van der Waals surface area contributed by atoms with Gasteiger partial charge in [-0.2, -0.15) is 5.10 Å². The van der Waals surface area contributed by atoms with Crippen LogP contribution in [-0.2, 0) is 20.8 Å². The molecule has 3 atom stereocenters. The number of hydrazine groups is 1. The van der Waals surface area contributed by atoms with Gasteiger partial charge in [-0.1, -0.05) is 88.6 Å². The highest BCUT2D eigenvalue weighted by atomic mass is 16.5. The van der Waals surface area contributed by atoms with Gasteiger partial charge in [-0.05, 0) is 37.2 Å². The highest BCUT2D eigenvalue weighted by Crippen LogP contribution is 2.38. The molecule has 1 heterocycles. The highest BCUT2D eigenvalue weighted by Gasteiger charge is 2.49. The molecular weight excluding hydrogens is 484 g/mol. The molecule has 1 unspecified atom stereocenters. The van der Waals surface area contributed by atoms with E-state index in [2.05, 4.69) is 15.5 Å². The van der Waals surface area contributed by atoms with Crippen molar-refractivity contribution in [1.29, 1.82) is 0 Å². The number of carbonyl (C=O) groups is 3. The number of hydrogen-bond acceptors (Lipinski definition) is 7. The summed E-state index contributed by atoms with van der Waals surface area (Å²) in [5.41, 5.74) is 3.37. The predicted molar refractivity (Wildman–Crippen MR) is 142 cm³/mol. The Morgan fingerprint density at radius 3 is 2.53 bits per heavy atom. The molecule has 0 saturated heterocycles. The highest BCUT2D eigenvalue weighted by molar-refractivity contribution is 6.07. The lowest BCUT2D eigenvalue weighted by molar-refractivity contribution is -0.146. The lowest BCUT2D eigenvalue weighted by Gasteiger charge is -2.34. The summed E-state index contributed by atoms with van der Waals surface area (Å²) in [6.45, 7) is 1.91. The average molecular weight is 527 g/mol. The summed E-state index contributed by atoms with van der Waals surface area (Å²) in [5.74, 6) is 4.15. The van der Waals surface area contributed by atoms with Gasteiger partial charge in [-0.25, -0.2) is 21.0 Å². The Kier molecular flexibility index (Phi) is 11.4. The van der Waals surface area contributed by atoms with Crippen LogP contribution in [0.25, 0.3) is 0 Å². The van der Waals surface area contributed by atoms with Gasteiger partial charge in [0.2, 0.25) is 11.8 Å². The Morgan fingerprint density at radius 2 is 1.92 bits per heavy atom. The van der Waals surface area contributed by atoms with Crippen LogP contribution >= 0.6 is 0 Å². The Labute approximate surface area is 224 Å². The van der Waals surface area contributed by atoms with E-state index in [-0.39, 0.29) is 25.0 Å². The third-order valence-electron chi connectivity index (χ3n) is 8.00. The van der Waals surface area contributed by atoms with Crippen LogP contribution in [0.3, 0.4) is 0 Å². The molecule has 0 radical (unpaired) electrons. The van der Waals surface area contributed by atoms with E-state index < -0.39 is 29.2 Å². The number of ketones is 1. The van der Waals surface area contributed by atoms with Crippen LogP contribution < -0.4 is 16.7 Å². The number of benzene rings is 1. The molecule has 1 saturated carbocycles. The molecule has 1 aromatic heterocycles. The summed E-state index contributed by atoms with van der Waals surface area (Å²) in [4.78, 5) is 44.6. The zero-order valence-corrected chi connectivity index (χ0v) is 22.3. The number of hydrogen-bond donors (Lipinski definition) is 4. The first-order valence-corrected chi connectivity index (χ1v) is 13.8. The van der Waals surface area contributed by atoms with E-state index in [1.807, 2.05) is 37.3 Å². The molecule has 1 aromatic carbocycles. The quantitative estimate of drug-likeness (QED) is 0.0908. The number of hydroxylamine groups is 1. The van der Waals surface area contributed by atoms with Crippen molar-refractivity contribution in [2.75, 3.05) is 0 Å². The van der Waals surface area contributed by atoms with E-state index >= 15 is 0 Å². The van der Waals surface area contributed by atoms with Crippen molar-refractivity contribution in [2.24, 2.45) is 23.1 Å². The molecule has 1 aliphatic carbocycles. The van der Waals surface area contributed by atoms with E-state index in [1.165, 1.54) is 49.4 Å². The summed E-state index contributed by atoms with van der Waals surface area (Å²) in [5, 5.41) is 13.7. The van der Waals surface area contributed by atoms with E-state index in [4.69, 9.17) is 5.84 Å². The molecule has 5 N–H and O–H groups in total. The molecule has 3 rings (SSSR count). The molecule has 0 spiro atoms. The van der Waals surface area contributed by atoms with Crippen molar-refractivity contribution in [3.63, 3.8) is 0 Å². The SMILES string of the molecule is CCCC(Cc1ccccc1)(C(=O)NN)C(=O)[C@@H](C[C@H](CCCC1CCCCC1)C(=O)NO)n1cncn1. The van der Waals surface area contributed by atoms with Crippen molar-refractivity contribution in [1.82, 2.24) is 25.7 Å². The summed E-state index contributed by atoms with van der Waals surface area (Å²) in [7, 11) is 0. The fourth-order valence-corrected chi connectivity index (χ4v) is 5.99. The average Bonchev–Trinajstić information content (AvgIpc) is 3.49. The molecule has 0 aliphatic heterocycles. The fourth-order valence-electron chi connectivity index (χ4n) is 5.99. The minimum Gasteiger partial charge on any atom is -0.296 e. The standard InChI is InChI=1S/C28H42N6O4/c1-2-16-28(27(37)32-29,18-22-12-7-4-8-13-22)25(35)24(34-20-30-19-31-34)17-23(26(36)33-38)15-9-14-21-10-5-3-6-11-21/h4,7-8,12-13,19-21,23-24,38H,2-3,5-6,9-11,14-18,29H2,1H3,(H,32,37)(H,33,36)/t23-,24+,28?/m0/s1. The molecule has 38 heavy (non-hydrogen) atoms. The van der Waals surface area contributed by atoms with Crippen LogP contribution in [0.1, 0.15) is 89.2 Å². The van der Waals surface area contributed by atoms with E-state index in [9.17, 15) is 19.6 Å². The molecule has 1 fully saturated rings. The minimum absolute atomic E-state index is 0.0807. The second kappa shape index (κ2) is 14.7. The van der Waals surface area contributed by atoms with Gasteiger partial charge >= 0.3 is 0 Å². The van der Waals surface area contributed by atoms with Gasteiger partial charge in [0.05, 0.1) is 0 Å². The molecule has 1 aliphatic rings. The zero-order chi connectivity index (χ0) is 27.4. The van der Waals surface area contributed by atoms with Gasteiger partial charge in [-0.3, -0.25) is 25.0 Å². The lowest BCUT2D eigenvalue weighted by atomic mass is 9.70. The third kappa shape index (κ3) is 7.48. The van der Waals surface area contributed by atoms with Crippen molar-refractivity contribution >= 4 is 17.6 Å². The molecule has 10 heteroatoms. The van der Waals surface area contributed by atoms with Gasteiger partial charge in [0.1, 0.15) is 24.1 Å². The molecule has 10 nitrogen and oxygen atoms in total. The van der Waals surface area contributed by atoms with E-state index in [0.29, 0.717) is 18.8 Å². The summed E-state index contributed by atoms with van der Waals surface area (Å²) in [6.07, 6.45) is 12.4. The molecule has 208 valence electrons. The second-order valence-corrected chi connectivity index (χ2v) is 10.6. The third-order valence-corrected chi connectivity index (χ3v) is 8.00. The van der Waals surface area contributed by atoms with Crippen LogP contribution in [0.2, 0.25) is 0 Å². The number of aromatic nitrogens is 3. The number of rotatable bonds is 15. The van der Waals surface area contributed by atoms with Gasteiger partial charge in [-0.15, -0.1) is 0 Å². The smallest absolute Gasteiger partial charge is 0.248 e. The minimum atomic E-state index is -1.47. The number of amides is 2. The monoisotopic (exact) mass is 526 g/mol. The first-order chi connectivity index (χ1) is 18.4. The first kappa shape index (κ1) is 29.4. The predicted octanol–water partition coefficient (Wildman–Crippen LogP) is 3.67. The van der Waals surface area contributed by atoms with Crippen molar-refractivity contribution < 1.29 is 19.6 Å². The fraction of sp³-hybridized carbons (Fsp3) is 0.607. The van der Waals surface area contributed by atoms with Gasteiger partial charge in [0.15, 0.2) is 5.78 Å². The number of carbonyl (C=O) groups excluding carboxylic acids is 3. The number of Topliss-reactive ketones (excluding diaryl/α,β-unsaturated/α-hetero) is 1. The number of nitrogens with two attached hydrogens (primary N) is 1. The largest absolute Gasteiger partial charge is 0.296 e. The molecular formula is C28H42N6O4. The zero-order valence-electron chi connectivity index (χ0n) is 22.3. The van der Waals surface area contributed by atoms with Gasteiger partial charge < -0.3 is 0 Å². The maximum atomic E-state index is 14.4. The Bertz CT molecular complexity index is 1010. The van der Waals surface area contributed by atoms with Gasteiger partial charge in [0.25, 0.3) is 0 Å². The van der Waals surface area contributed by atoms with Crippen molar-refractivity contribution in [2.45, 2.75) is 90.0 Å². The van der Waals surface area contributed by atoms with Crippen LogP contribution in [0, 0.1) is 17.3 Å². The number of nitrogens with zero attached hydrogens (tertiary/aromatic N) is 3. The van der Waals surface area contributed by atoms with Crippen LogP contribution in [0.15, 0.2) is 43.0 Å². The maximum Gasteiger partial charge on any atom is 0.248 e. The Hall–Kier alpha value is -3.11. The molecule has 2 amide bonds. The summed E-state index contributed by atoms with van der Waals surface area (Å²) >= 11 is 0. The Balaban J connectivity index is 1.90. The molecule has 2 aromatic rings. The normalized spacial score (nSPS) is 17.2.